The number of nitrogens with one attached hydrogen (secondary N) is 3. The summed E-state index contributed by atoms with van der Waals surface area (Å²) in [6.07, 6.45) is 7.89. The molecular formula is C29H31ClN8O4S. The second-order valence-corrected chi connectivity index (χ2v) is 13.1. The standard InChI is InChI=1S/C29H31ClN8O4S/c1-17-27(18(2)42-37-17)43(40,41)38-9-7-19(8-10-38)12-26(39)35-25-6-5-22-13-21(25)4-3-20-11-23(15-31-14-20)34-29-32-16-24(30)28(33-22)36-29/h5-6,11,13-16,19H,3-4,7-10,12H2,1-2H3,(H,35,39)(H2,32,33,34,36). The van der Waals surface area contributed by atoms with Crippen molar-refractivity contribution in [1.82, 2.24) is 24.4 Å². The zero-order chi connectivity index (χ0) is 30.1. The summed E-state index contributed by atoms with van der Waals surface area (Å²) in [4.78, 5) is 26.5. The highest BCUT2D eigenvalue weighted by Crippen LogP contribution is 2.31. The van der Waals surface area contributed by atoms with Gasteiger partial charge in [0.1, 0.15) is 15.6 Å². The van der Waals surface area contributed by atoms with E-state index in [1.807, 2.05) is 30.5 Å². The maximum atomic E-state index is 13.2. The van der Waals surface area contributed by atoms with Crippen molar-refractivity contribution in [3.8, 4) is 0 Å². The van der Waals surface area contributed by atoms with Gasteiger partial charge in [-0.1, -0.05) is 16.8 Å². The van der Waals surface area contributed by atoms with Crippen LogP contribution in [0.1, 0.15) is 41.8 Å². The quantitative estimate of drug-likeness (QED) is 0.272. The molecule has 43 heavy (non-hydrogen) atoms. The molecule has 224 valence electrons. The van der Waals surface area contributed by atoms with Crippen molar-refractivity contribution < 1.29 is 17.7 Å². The second-order valence-electron chi connectivity index (χ2n) is 10.8. The number of anilines is 5. The average Bonchev–Trinajstić information content (AvgIpc) is 3.33. The van der Waals surface area contributed by atoms with E-state index >= 15 is 0 Å². The highest BCUT2D eigenvalue weighted by atomic mass is 35.5. The minimum atomic E-state index is -3.70. The number of nitrogens with zero attached hydrogens (tertiary/aromatic N) is 5. The number of carbonyl (C=O) groups is 1. The molecule has 1 saturated heterocycles. The summed E-state index contributed by atoms with van der Waals surface area (Å²) >= 11 is 6.37. The molecule has 1 aromatic carbocycles. The Labute approximate surface area is 254 Å². The highest BCUT2D eigenvalue weighted by Gasteiger charge is 2.34. The predicted molar refractivity (Wildman–Crippen MR) is 162 cm³/mol. The number of sulfonamides is 1. The molecule has 12 nitrogen and oxygen atoms in total. The number of amides is 1. The van der Waals surface area contributed by atoms with E-state index in [0.29, 0.717) is 67.7 Å². The Hall–Kier alpha value is -4.07. The molecule has 1 amide bonds. The smallest absolute Gasteiger partial charge is 0.248 e. The minimum Gasteiger partial charge on any atom is -0.360 e. The van der Waals surface area contributed by atoms with Gasteiger partial charge in [-0.05, 0) is 80.8 Å². The topological polar surface area (TPSA) is 155 Å². The maximum Gasteiger partial charge on any atom is 0.248 e. The van der Waals surface area contributed by atoms with E-state index < -0.39 is 10.0 Å². The number of aromatic nitrogens is 4. The number of hydrogen-bond acceptors (Lipinski definition) is 10. The molecule has 6 bridgehead atoms. The van der Waals surface area contributed by atoms with Gasteiger partial charge < -0.3 is 20.5 Å². The Balaban J connectivity index is 1.15. The van der Waals surface area contributed by atoms with Crippen LogP contribution in [-0.4, -0.2) is 51.8 Å². The molecule has 5 heterocycles. The largest absolute Gasteiger partial charge is 0.360 e. The fourth-order valence-corrected chi connectivity index (χ4v) is 7.44. The van der Waals surface area contributed by atoms with Gasteiger partial charge in [0.05, 0.1) is 18.1 Å². The number of aryl methyl sites for hydroxylation is 4. The lowest BCUT2D eigenvalue weighted by Crippen LogP contribution is -2.39. The molecule has 3 aromatic heterocycles. The van der Waals surface area contributed by atoms with Gasteiger partial charge in [0.15, 0.2) is 11.6 Å². The number of fused-ring (bicyclic) bond motifs is 6. The molecule has 0 spiro atoms. The van der Waals surface area contributed by atoms with Crippen LogP contribution in [0.4, 0.5) is 28.8 Å². The number of benzene rings is 1. The Morgan fingerprint density at radius 3 is 2.67 bits per heavy atom. The van der Waals surface area contributed by atoms with Gasteiger partial charge in [0, 0.05) is 37.1 Å². The monoisotopic (exact) mass is 622 g/mol. The summed E-state index contributed by atoms with van der Waals surface area (Å²) in [7, 11) is -3.70. The number of piperidine rings is 1. The van der Waals surface area contributed by atoms with Crippen LogP contribution in [0.2, 0.25) is 5.02 Å². The number of halogens is 1. The van der Waals surface area contributed by atoms with Crippen molar-refractivity contribution in [3.63, 3.8) is 0 Å². The SMILES string of the molecule is Cc1noc(C)c1S(=O)(=O)N1CCC(CC(=O)Nc2ccc3cc2CCc2cncc(c2)Nc2ncc(Cl)c(n2)N3)CC1. The number of carbonyl (C=O) groups excluding carboxylic acids is 1. The third kappa shape index (κ3) is 6.33. The lowest BCUT2D eigenvalue weighted by atomic mass is 9.94. The van der Waals surface area contributed by atoms with Crippen LogP contribution in [-0.2, 0) is 27.7 Å². The fourth-order valence-electron chi connectivity index (χ4n) is 5.54. The predicted octanol–water partition coefficient (Wildman–Crippen LogP) is 5.15. The Morgan fingerprint density at radius 2 is 1.91 bits per heavy atom. The van der Waals surface area contributed by atoms with Crippen molar-refractivity contribution >= 4 is 56.4 Å². The van der Waals surface area contributed by atoms with Crippen LogP contribution >= 0.6 is 11.6 Å². The normalized spacial score (nSPS) is 15.8. The van der Waals surface area contributed by atoms with Crippen molar-refractivity contribution in [2.75, 3.05) is 29.0 Å². The molecule has 0 radical (unpaired) electrons. The Morgan fingerprint density at radius 1 is 1.09 bits per heavy atom. The van der Waals surface area contributed by atoms with Crippen molar-refractivity contribution in [1.29, 1.82) is 0 Å². The van der Waals surface area contributed by atoms with Crippen LogP contribution in [0, 0.1) is 19.8 Å². The van der Waals surface area contributed by atoms with E-state index in [4.69, 9.17) is 16.1 Å². The molecule has 4 aromatic rings. The second kappa shape index (κ2) is 11.9. The average molecular weight is 623 g/mol. The number of rotatable bonds is 5. The number of pyridine rings is 1. The first-order valence-corrected chi connectivity index (χ1v) is 15.8. The van der Waals surface area contributed by atoms with E-state index in [2.05, 4.69) is 36.1 Å². The first-order chi connectivity index (χ1) is 20.7. The third-order valence-corrected chi connectivity index (χ3v) is 10.2. The number of hydrogen-bond donors (Lipinski definition) is 3. The van der Waals surface area contributed by atoms with Crippen LogP contribution in [0.15, 0.2) is 52.3 Å². The molecule has 3 N–H and O–H groups in total. The van der Waals surface area contributed by atoms with Gasteiger partial charge in [0.2, 0.25) is 21.9 Å². The molecule has 0 atom stereocenters. The molecule has 0 unspecified atom stereocenters. The summed E-state index contributed by atoms with van der Waals surface area (Å²) in [5, 5.41) is 13.7. The van der Waals surface area contributed by atoms with Crippen LogP contribution in [0.5, 0.6) is 0 Å². The maximum absolute atomic E-state index is 13.2. The van der Waals surface area contributed by atoms with E-state index in [1.165, 1.54) is 10.5 Å². The zero-order valence-electron chi connectivity index (χ0n) is 23.7. The third-order valence-electron chi connectivity index (χ3n) is 7.73. The van der Waals surface area contributed by atoms with E-state index in [0.717, 1.165) is 28.2 Å². The van der Waals surface area contributed by atoms with Gasteiger partial charge >= 0.3 is 0 Å². The van der Waals surface area contributed by atoms with E-state index in [9.17, 15) is 13.2 Å². The van der Waals surface area contributed by atoms with E-state index in [-0.39, 0.29) is 22.5 Å². The van der Waals surface area contributed by atoms with Crippen molar-refractivity contribution in [3.05, 3.63) is 70.5 Å². The molecular weight excluding hydrogens is 592 g/mol. The van der Waals surface area contributed by atoms with Crippen LogP contribution in [0.25, 0.3) is 0 Å². The summed E-state index contributed by atoms with van der Waals surface area (Å²) in [6.45, 7) is 3.90. The van der Waals surface area contributed by atoms with Gasteiger partial charge in [-0.3, -0.25) is 9.78 Å². The molecule has 0 saturated carbocycles. The fraction of sp³-hybridized carbons (Fsp3) is 0.345. The molecule has 2 aliphatic heterocycles. The molecule has 6 rings (SSSR count). The summed E-state index contributed by atoms with van der Waals surface area (Å²) < 4.78 is 32.9. The van der Waals surface area contributed by atoms with Crippen LogP contribution < -0.4 is 16.0 Å². The van der Waals surface area contributed by atoms with E-state index in [1.54, 1.807) is 20.0 Å². The van der Waals surface area contributed by atoms with Crippen molar-refractivity contribution in [2.24, 2.45) is 5.92 Å². The summed E-state index contributed by atoms with van der Waals surface area (Å²) in [5.41, 5.74) is 4.58. The summed E-state index contributed by atoms with van der Waals surface area (Å²) in [5.74, 6) is 1.09. The summed E-state index contributed by atoms with van der Waals surface area (Å²) in [6, 6.07) is 7.71. The highest BCUT2D eigenvalue weighted by molar-refractivity contribution is 7.89. The minimum absolute atomic E-state index is 0.0672. The van der Waals surface area contributed by atoms with Crippen LogP contribution in [0.3, 0.4) is 0 Å². The van der Waals surface area contributed by atoms with Gasteiger partial charge in [-0.2, -0.15) is 9.29 Å². The lowest BCUT2D eigenvalue weighted by molar-refractivity contribution is -0.117. The van der Waals surface area contributed by atoms with Crippen molar-refractivity contribution in [2.45, 2.75) is 50.8 Å². The molecule has 1 fully saturated rings. The first-order valence-electron chi connectivity index (χ1n) is 14.0. The van der Waals surface area contributed by atoms with Gasteiger partial charge in [-0.15, -0.1) is 0 Å². The molecule has 0 aliphatic carbocycles. The molecule has 14 heteroatoms. The van der Waals surface area contributed by atoms with Gasteiger partial charge in [0.25, 0.3) is 0 Å². The lowest BCUT2D eigenvalue weighted by Gasteiger charge is -2.30. The zero-order valence-corrected chi connectivity index (χ0v) is 25.3. The Bertz CT molecular complexity index is 1770. The Kier molecular flexibility index (Phi) is 8.03. The molecule has 2 aliphatic rings. The van der Waals surface area contributed by atoms with Gasteiger partial charge in [-0.25, -0.2) is 13.4 Å². The first kappa shape index (κ1) is 29.0.